The van der Waals surface area contributed by atoms with Crippen molar-refractivity contribution in [3.05, 3.63) is 52.9 Å². The maximum absolute atomic E-state index is 13.8. The Morgan fingerprint density at radius 3 is 2.53 bits per heavy atom. The highest BCUT2D eigenvalue weighted by molar-refractivity contribution is 6.31. The number of carbonyl (C=O) groups is 1. The fourth-order valence-electron chi connectivity index (χ4n) is 4.42. The minimum Gasteiger partial charge on any atom is -0.492 e. The van der Waals surface area contributed by atoms with Gasteiger partial charge in [-0.25, -0.2) is 9.18 Å². The molecule has 192 valence electrons. The van der Waals surface area contributed by atoms with E-state index in [1.54, 1.807) is 13.0 Å². The van der Waals surface area contributed by atoms with E-state index in [2.05, 4.69) is 33.9 Å². The van der Waals surface area contributed by atoms with E-state index in [0.29, 0.717) is 29.5 Å². The van der Waals surface area contributed by atoms with Crippen molar-refractivity contribution in [1.29, 1.82) is 0 Å². The zero-order valence-electron chi connectivity index (χ0n) is 21.1. The van der Waals surface area contributed by atoms with E-state index in [4.69, 9.17) is 21.1 Å². The molecule has 3 aromatic rings. The van der Waals surface area contributed by atoms with E-state index in [1.807, 2.05) is 19.1 Å². The number of ether oxygens (including phenoxy) is 2. The number of rotatable bonds is 8. The Hall–Kier alpha value is -3.10. The number of anilines is 3. The zero-order chi connectivity index (χ0) is 25.8. The minimum absolute atomic E-state index is 0.0154. The number of piperazine rings is 1. The summed E-state index contributed by atoms with van der Waals surface area (Å²) in [6, 6.07) is 8.74. The Morgan fingerprint density at radius 1 is 1.14 bits per heavy atom. The Kier molecular flexibility index (Phi) is 8.16. The third kappa shape index (κ3) is 5.50. The summed E-state index contributed by atoms with van der Waals surface area (Å²) in [6.45, 7) is 12.5. The van der Waals surface area contributed by atoms with Crippen molar-refractivity contribution < 1.29 is 18.7 Å². The number of nitrogens with one attached hydrogen (secondary N) is 1. The van der Waals surface area contributed by atoms with Crippen LogP contribution in [0.25, 0.3) is 10.9 Å². The van der Waals surface area contributed by atoms with Crippen LogP contribution in [-0.2, 0) is 4.74 Å². The quantitative estimate of drug-likeness (QED) is 0.377. The van der Waals surface area contributed by atoms with Gasteiger partial charge in [-0.1, -0.05) is 11.6 Å². The van der Waals surface area contributed by atoms with E-state index in [-0.39, 0.29) is 17.2 Å². The van der Waals surface area contributed by atoms with Crippen molar-refractivity contribution in [3.63, 3.8) is 0 Å². The number of halogens is 2. The first-order valence-electron chi connectivity index (χ1n) is 12.3. The van der Waals surface area contributed by atoms with Gasteiger partial charge in [0.15, 0.2) is 0 Å². The normalized spacial score (nSPS) is 14.4. The summed E-state index contributed by atoms with van der Waals surface area (Å²) < 4.78 is 25.1. The van der Waals surface area contributed by atoms with E-state index < -0.39 is 11.8 Å². The maximum atomic E-state index is 13.8. The number of esters is 1. The fraction of sp³-hybridized carbons (Fsp3) is 0.407. The van der Waals surface area contributed by atoms with Gasteiger partial charge in [-0.05, 0) is 52.0 Å². The van der Waals surface area contributed by atoms with Crippen molar-refractivity contribution in [2.24, 2.45) is 0 Å². The van der Waals surface area contributed by atoms with Crippen molar-refractivity contribution in [2.75, 3.05) is 49.6 Å². The monoisotopic (exact) mass is 514 g/mol. The fourth-order valence-corrected chi connectivity index (χ4v) is 4.60. The topological polar surface area (TPSA) is 66.9 Å². The first-order chi connectivity index (χ1) is 17.3. The SMILES string of the molecule is CCOC(=O)c1cnc2cc(OCC)c(N3CCN(C(C)C)CC3)cc2c1Nc1ccc(F)c(Cl)c1. The average Bonchev–Trinajstić information content (AvgIpc) is 2.86. The summed E-state index contributed by atoms with van der Waals surface area (Å²) in [5.41, 5.74) is 2.94. The maximum Gasteiger partial charge on any atom is 0.341 e. The smallest absolute Gasteiger partial charge is 0.341 e. The van der Waals surface area contributed by atoms with Gasteiger partial charge in [-0.2, -0.15) is 0 Å². The molecular weight excluding hydrogens is 483 g/mol. The molecule has 1 aliphatic heterocycles. The van der Waals surface area contributed by atoms with Crippen LogP contribution in [0.2, 0.25) is 5.02 Å². The molecule has 7 nitrogen and oxygen atoms in total. The van der Waals surface area contributed by atoms with E-state index in [0.717, 1.165) is 43.0 Å². The molecule has 1 N–H and O–H groups in total. The summed E-state index contributed by atoms with van der Waals surface area (Å²) in [5, 5.41) is 3.98. The zero-order valence-corrected chi connectivity index (χ0v) is 21.9. The molecule has 0 radical (unpaired) electrons. The van der Waals surface area contributed by atoms with Gasteiger partial charge in [0, 0.05) is 55.6 Å². The predicted octanol–water partition coefficient (Wildman–Crippen LogP) is 5.88. The van der Waals surface area contributed by atoms with E-state index in [1.165, 1.54) is 18.3 Å². The van der Waals surface area contributed by atoms with Gasteiger partial charge in [0.2, 0.25) is 0 Å². The highest BCUT2D eigenvalue weighted by atomic mass is 35.5. The number of hydrogen-bond donors (Lipinski definition) is 1. The highest BCUT2D eigenvalue weighted by Crippen LogP contribution is 2.39. The van der Waals surface area contributed by atoms with Gasteiger partial charge in [0.1, 0.15) is 17.1 Å². The summed E-state index contributed by atoms with van der Waals surface area (Å²) in [6.07, 6.45) is 1.49. The first-order valence-corrected chi connectivity index (χ1v) is 12.7. The molecule has 0 spiro atoms. The van der Waals surface area contributed by atoms with Crippen LogP contribution >= 0.6 is 11.6 Å². The molecule has 1 fully saturated rings. The summed E-state index contributed by atoms with van der Waals surface area (Å²) in [7, 11) is 0. The molecule has 1 aliphatic rings. The second-order valence-electron chi connectivity index (χ2n) is 8.91. The lowest BCUT2D eigenvalue weighted by Gasteiger charge is -2.38. The standard InChI is InChI=1S/C27H32ClFN4O3/c1-5-35-25-15-23-19(14-24(25)33-11-9-32(10-12-33)17(3)4)26(20(16-30-23)27(34)36-6-2)31-18-7-8-22(29)21(28)13-18/h7-8,13-17H,5-6,9-12H2,1-4H3,(H,30,31). The van der Waals surface area contributed by atoms with Gasteiger partial charge in [-0.3, -0.25) is 9.88 Å². The Bertz CT molecular complexity index is 1250. The number of carbonyl (C=O) groups excluding carboxylic acids is 1. The Balaban J connectivity index is 1.84. The molecule has 9 heteroatoms. The van der Waals surface area contributed by atoms with Crippen LogP contribution in [0.1, 0.15) is 38.1 Å². The summed E-state index contributed by atoms with van der Waals surface area (Å²) in [4.78, 5) is 22.1. The molecule has 36 heavy (non-hydrogen) atoms. The molecule has 1 aromatic heterocycles. The van der Waals surface area contributed by atoms with Crippen LogP contribution < -0.4 is 15.0 Å². The van der Waals surface area contributed by atoms with Crippen molar-refractivity contribution in [1.82, 2.24) is 9.88 Å². The number of benzene rings is 2. The first kappa shape index (κ1) is 26.0. The lowest BCUT2D eigenvalue weighted by atomic mass is 10.1. The summed E-state index contributed by atoms with van der Waals surface area (Å²) >= 11 is 6.02. The van der Waals surface area contributed by atoms with Crippen LogP contribution in [0.15, 0.2) is 36.5 Å². The van der Waals surface area contributed by atoms with Crippen molar-refractivity contribution in [3.8, 4) is 5.75 Å². The third-order valence-corrected chi connectivity index (χ3v) is 6.61. The molecule has 2 heterocycles. The average molecular weight is 515 g/mol. The van der Waals surface area contributed by atoms with Gasteiger partial charge in [0.05, 0.1) is 35.1 Å². The van der Waals surface area contributed by atoms with Crippen molar-refractivity contribution in [2.45, 2.75) is 33.7 Å². The molecule has 1 saturated heterocycles. The van der Waals surface area contributed by atoms with E-state index >= 15 is 0 Å². The van der Waals surface area contributed by atoms with Crippen LogP contribution in [-0.4, -0.2) is 61.3 Å². The Morgan fingerprint density at radius 2 is 1.89 bits per heavy atom. The van der Waals surface area contributed by atoms with Gasteiger partial charge in [0.25, 0.3) is 0 Å². The largest absolute Gasteiger partial charge is 0.492 e. The molecule has 0 saturated carbocycles. The Labute approximate surface area is 216 Å². The van der Waals surface area contributed by atoms with Gasteiger partial charge in [-0.15, -0.1) is 0 Å². The molecule has 4 rings (SSSR count). The van der Waals surface area contributed by atoms with Gasteiger partial charge < -0.3 is 19.7 Å². The molecule has 0 amide bonds. The molecule has 2 aromatic carbocycles. The second kappa shape index (κ2) is 11.3. The molecular formula is C27H32ClFN4O3. The number of aromatic nitrogens is 1. The number of nitrogens with zero attached hydrogens (tertiary/aromatic N) is 3. The summed E-state index contributed by atoms with van der Waals surface area (Å²) in [5.74, 6) is -0.268. The van der Waals surface area contributed by atoms with Crippen molar-refractivity contribution >= 4 is 45.5 Å². The molecule has 0 unspecified atom stereocenters. The third-order valence-electron chi connectivity index (χ3n) is 6.32. The molecule has 0 atom stereocenters. The molecule has 0 bridgehead atoms. The minimum atomic E-state index is -0.517. The number of hydrogen-bond acceptors (Lipinski definition) is 7. The predicted molar refractivity (Wildman–Crippen MR) is 142 cm³/mol. The van der Waals surface area contributed by atoms with Crippen LogP contribution in [0.5, 0.6) is 5.75 Å². The lowest BCUT2D eigenvalue weighted by Crippen LogP contribution is -2.49. The lowest BCUT2D eigenvalue weighted by molar-refractivity contribution is 0.0527. The molecule has 0 aliphatic carbocycles. The van der Waals surface area contributed by atoms with Gasteiger partial charge >= 0.3 is 5.97 Å². The van der Waals surface area contributed by atoms with Crippen LogP contribution in [0.4, 0.5) is 21.5 Å². The number of fused-ring (bicyclic) bond motifs is 1. The van der Waals surface area contributed by atoms with E-state index in [9.17, 15) is 9.18 Å². The second-order valence-corrected chi connectivity index (χ2v) is 9.32. The highest BCUT2D eigenvalue weighted by Gasteiger charge is 2.24. The van der Waals surface area contributed by atoms with Crippen LogP contribution in [0.3, 0.4) is 0 Å². The van der Waals surface area contributed by atoms with Crippen LogP contribution in [0, 0.1) is 5.82 Å². The number of pyridine rings is 1.